The van der Waals surface area contributed by atoms with Gasteiger partial charge in [0.2, 0.25) is 0 Å². The van der Waals surface area contributed by atoms with Crippen LogP contribution in [0.15, 0.2) is 17.6 Å². The molecule has 106 valence electrons. The van der Waals surface area contributed by atoms with Crippen molar-refractivity contribution in [2.24, 2.45) is 7.05 Å². The minimum absolute atomic E-state index is 0.0243. The number of rotatable bonds is 4. The molecule has 2 amide bonds. The monoisotopic (exact) mass is 295 g/mol. The lowest BCUT2D eigenvalue weighted by molar-refractivity contribution is 0.0691. The second-order valence-corrected chi connectivity index (χ2v) is 4.96. The fraction of sp³-hybridized carbons (Fsp3) is 0.273. The Morgan fingerprint density at radius 1 is 1.50 bits per heavy atom. The zero-order valence-corrected chi connectivity index (χ0v) is 11.6. The number of aromatic carboxylic acids is 1. The molecule has 0 aliphatic heterocycles. The molecule has 0 spiro atoms. The summed E-state index contributed by atoms with van der Waals surface area (Å²) in [6.07, 6.45) is 1.71. The summed E-state index contributed by atoms with van der Waals surface area (Å²) in [7, 11) is 1.74. The molecule has 9 heteroatoms. The second-order valence-electron chi connectivity index (χ2n) is 4.07. The highest BCUT2D eigenvalue weighted by Crippen LogP contribution is 2.18. The highest BCUT2D eigenvalue weighted by Gasteiger charge is 2.16. The summed E-state index contributed by atoms with van der Waals surface area (Å²) >= 11 is 1.18. The van der Waals surface area contributed by atoms with Gasteiger partial charge in [-0.1, -0.05) is 0 Å². The molecule has 20 heavy (non-hydrogen) atoms. The van der Waals surface area contributed by atoms with Crippen LogP contribution in [0.1, 0.15) is 28.5 Å². The third kappa shape index (κ3) is 3.32. The van der Waals surface area contributed by atoms with Crippen molar-refractivity contribution in [3.63, 3.8) is 0 Å². The number of carbonyl (C=O) groups excluding carboxylic acids is 1. The zero-order chi connectivity index (χ0) is 14.7. The first-order valence-electron chi connectivity index (χ1n) is 5.71. The number of nitrogens with one attached hydrogen (secondary N) is 2. The van der Waals surface area contributed by atoms with Gasteiger partial charge in [0, 0.05) is 24.7 Å². The first-order chi connectivity index (χ1) is 9.45. The second kappa shape index (κ2) is 5.70. The van der Waals surface area contributed by atoms with Gasteiger partial charge in [0.15, 0.2) is 11.5 Å². The SMILES string of the molecule is CC(NC(=O)Nc1ccn(C)n1)c1nc(C(=O)O)cs1. The molecule has 0 fully saturated rings. The molecule has 1 unspecified atom stereocenters. The van der Waals surface area contributed by atoms with Crippen molar-refractivity contribution in [3.05, 3.63) is 28.3 Å². The normalized spacial score (nSPS) is 11.9. The van der Waals surface area contributed by atoms with Gasteiger partial charge in [0.25, 0.3) is 0 Å². The fourth-order valence-electron chi connectivity index (χ4n) is 1.48. The van der Waals surface area contributed by atoms with Crippen molar-refractivity contribution in [1.82, 2.24) is 20.1 Å². The molecular weight excluding hydrogens is 282 g/mol. The lowest BCUT2D eigenvalue weighted by atomic mass is 10.3. The molecule has 1 atom stereocenters. The van der Waals surface area contributed by atoms with E-state index in [9.17, 15) is 9.59 Å². The van der Waals surface area contributed by atoms with Crippen LogP contribution in [0.4, 0.5) is 10.6 Å². The number of carboxylic acid groups (broad SMARTS) is 1. The van der Waals surface area contributed by atoms with Crippen LogP contribution in [0.25, 0.3) is 0 Å². The van der Waals surface area contributed by atoms with Gasteiger partial charge in [-0.15, -0.1) is 11.3 Å². The Morgan fingerprint density at radius 2 is 2.25 bits per heavy atom. The van der Waals surface area contributed by atoms with E-state index in [1.807, 2.05) is 0 Å². The Balaban J connectivity index is 1.94. The molecule has 0 saturated carbocycles. The Kier molecular flexibility index (Phi) is 3.99. The fourth-order valence-corrected chi connectivity index (χ4v) is 2.28. The molecule has 0 radical (unpaired) electrons. The lowest BCUT2D eigenvalue weighted by Gasteiger charge is -2.11. The summed E-state index contributed by atoms with van der Waals surface area (Å²) in [5.41, 5.74) is -0.0243. The molecule has 0 aliphatic carbocycles. The Hall–Kier alpha value is -2.42. The third-order valence-electron chi connectivity index (χ3n) is 2.41. The first kappa shape index (κ1) is 14.0. The predicted octanol–water partition coefficient (Wildman–Crippen LogP) is 1.46. The molecular formula is C11H13N5O3S. The summed E-state index contributed by atoms with van der Waals surface area (Å²) in [5.74, 6) is -0.653. The Morgan fingerprint density at radius 3 is 2.80 bits per heavy atom. The molecule has 2 heterocycles. The zero-order valence-electron chi connectivity index (χ0n) is 10.8. The third-order valence-corrected chi connectivity index (χ3v) is 3.44. The van der Waals surface area contributed by atoms with Crippen LogP contribution in [0.5, 0.6) is 0 Å². The van der Waals surface area contributed by atoms with Crippen LogP contribution in [0, 0.1) is 0 Å². The average molecular weight is 295 g/mol. The number of anilines is 1. The van der Waals surface area contributed by atoms with E-state index in [-0.39, 0.29) is 5.69 Å². The van der Waals surface area contributed by atoms with Crippen LogP contribution < -0.4 is 10.6 Å². The largest absolute Gasteiger partial charge is 0.476 e. The quantitative estimate of drug-likeness (QED) is 0.791. The van der Waals surface area contributed by atoms with E-state index < -0.39 is 18.0 Å². The van der Waals surface area contributed by atoms with Crippen molar-refractivity contribution in [3.8, 4) is 0 Å². The van der Waals surface area contributed by atoms with Gasteiger partial charge >= 0.3 is 12.0 Å². The van der Waals surface area contributed by atoms with Gasteiger partial charge in [-0.25, -0.2) is 14.6 Å². The van der Waals surface area contributed by atoms with Gasteiger partial charge in [-0.2, -0.15) is 5.10 Å². The van der Waals surface area contributed by atoms with Gasteiger partial charge in [-0.3, -0.25) is 10.00 Å². The summed E-state index contributed by atoms with van der Waals surface area (Å²) in [5, 5.41) is 20.0. The summed E-state index contributed by atoms with van der Waals surface area (Å²) in [4.78, 5) is 26.4. The number of hydrogen-bond acceptors (Lipinski definition) is 5. The molecule has 0 saturated heterocycles. The van der Waals surface area contributed by atoms with E-state index in [4.69, 9.17) is 5.11 Å². The van der Waals surface area contributed by atoms with Crippen molar-refractivity contribution in [2.75, 3.05) is 5.32 Å². The maximum atomic E-state index is 11.7. The van der Waals surface area contributed by atoms with Crippen LogP contribution in [0.3, 0.4) is 0 Å². The van der Waals surface area contributed by atoms with E-state index in [2.05, 4.69) is 20.7 Å². The number of aromatic nitrogens is 3. The van der Waals surface area contributed by atoms with E-state index in [1.165, 1.54) is 16.7 Å². The molecule has 0 aliphatic rings. The maximum Gasteiger partial charge on any atom is 0.355 e. The van der Waals surface area contributed by atoms with Crippen LogP contribution in [-0.4, -0.2) is 31.9 Å². The minimum Gasteiger partial charge on any atom is -0.476 e. The highest BCUT2D eigenvalue weighted by molar-refractivity contribution is 7.09. The molecule has 3 N–H and O–H groups in total. The van der Waals surface area contributed by atoms with Crippen molar-refractivity contribution < 1.29 is 14.7 Å². The van der Waals surface area contributed by atoms with E-state index >= 15 is 0 Å². The van der Waals surface area contributed by atoms with Gasteiger partial charge < -0.3 is 10.4 Å². The van der Waals surface area contributed by atoms with E-state index in [1.54, 1.807) is 30.9 Å². The Labute approximate surface area is 118 Å². The Bertz CT molecular complexity index is 636. The van der Waals surface area contributed by atoms with E-state index in [0.717, 1.165) is 0 Å². The number of amides is 2. The van der Waals surface area contributed by atoms with Crippen LogP contribution >= 0.6 is 11.3 Å². The van der Waals surface area contributed by atoms with Crippen LogP contribution in [0.2, 0.25) is 0 Å². The van der Waals surface area contributed by atoms with E-state index in [0.29, 0.717) is 10.8 Å². The molecule has 2 aromatic heterocycles. The van der Waals surface area contributed by atoms with Gasteiger partial charge in [-0.05, 0) is 6.92 Å². The smallest absolute Gasteiger partial charge is 0.355 e. The van der Waals surface area contributed by atoms with Crippen LogP contribution in [-0.2, 0) is 7.05 Å². The average Bonchev–Trinajstić information content (AvgIpc) is 2.98. The standard InChI is InChI=1S/C11H13N5O3S/c1-6(9-13-7(5-20-9)10(17)18)12-11(19)14-8-3-4-16(2)15-8/h3-6H,1-2H3,(H,17,18)(H2,12,14,15,19). The number of nitrogens with zero attached hydrogens (tertiary/aromatic N) is 3. The van der Waals surface area contributed by atoms with Crippen molar-refractivity contribution >= 4 is 29.2 Å². The number of hydrogen-bond donors (Lipinski definition) is 3. The minimum atomic E-state index is -1.09. The first-order valence-corrected chi connectivity index (χ1v) is 6.59. The summed E-state index contributed by atoms with van der Waals surface area (Å²) in [6, 6.07) is 0.844. The molecule has 0 aromatic carbocycles. The summed E-state index contributed by atoms with van der Waals surface area (Å²) < 4.78 is 1.57. The topological polar surface area (TPSA) is 109 Å². The van der Waals surface area contributed by atoms with Crippen molar-refractivity contribution in [1.29, 1.82) is 0 Å². The molecule has 0 bridgehead atoms. The number of urea groups is 1. The van der Waals surface area contributed by atoms with Gasteiger partial charge in [0.1, 0.15) is 5.01 Å². The maximum absolute atomic E-state index is 11.7. The number of aryl methyl sites for hydroxylation is 1. The van der Waals surface area contributed by atoms with Gasteiger partial charge in [0.05, 0.1) is 6.04 Å². The number of carbonyl (C=O) groups is 2. The number of thiazole rings is 1. The number of carboxylic acids is 1. The lowest BCUT2D eigenvalue weighted by Crippen LogP contribution is -2.31. The summed E-state index contributed by atoms with van der Waals surface area (Å²) in [6.45, 7) is 1.72. The molecule has 2 rings (SSSR count). The molecule has 2 aromatic rings. The van der Waals surface area contributed by atoms with Crippen molar-refractivity contribution in [2.45, 2.75) is 13.0 Å². The highest BCUT2D eigenvalue weighted by atomic mass is 32.1. The molecule has 8 nitrogen and oxygen atoms in total. The predicted molar refractivity (Wildman–Crippen MR) is 72.9 cm³/mol.